The third-order valence-corrected chi connectivity index (χ3v) is 4.30. The summed E-state index contributed by atoms with van der Waals surface area (Å²) in [6.45, 7) is 0.0429. The van der Waals surface area contributed by atoms with Gasteiger partial charge in [0.15, 0.2) is 0 Å². The Morgan fingerprint density at radius 3 is 2.75 bits per heavy atom. The third kappa shape index (κ3) is 3.34. The standard InChI is InChI=1S/C18H14F3N5O2/c1-17(18(20,21)9-25-16(23)28-17)12-6-11(3-4-13(12)19)26-15(27)14-5-2-10(7-22)8-24-14/h2-6,8H,9H2,1H3,(H2,23,25)(H,26,27)/t17-/m1/s1. The van der Waals surface area contributed by atoms with Gasteiger partial charge in [-0.2, -0.15) is 14.0 Å². The molecule has 0 fully saturated rings. The van der Waals surface area contributed by atoms with Crippen LogP contribution in [0, 0.1) is 17.1 Å². The van der Waals surface area contributed by atoms with Crippen LogP contribution in [0.25, 0.3) is 0 Å². The summed E-state index contributed by atoms with van der Waals surface area (Å²) in [5.41, 5.74) is 2.83. The van der Waals surface area contributed by atoms with E-state index in [1.54, 1.807) is 0 Å². The molecule has 0 bridgehead atoms. The highest BCUT2D eigenvalue weighted by molar-refractivity contribution is 6.02. The lowest BCUT2D eigenvalue weighted by atomic mass is 9.87. The predicted octanol–water partition coefficient (Wildman–Crippen LogP) is 2.54. The van der Waals surface area contributed by atoms with Gasteiger partial charge in [0.1, 0.15) is 24.1 Å². The molecule has 28 heavy (non-hydrogen) atoms. The van der Waals surface area contributed by atoms with Gasteiger partial charge in [0.25, 0.3) is 11.9 Å². The number of carbonyl (C=O) groups is 1. The number of amides is 1. The van der Waals surface area contributed by atoms with Crippen molar-refractivity contribution in [3.8, 4) is 6.07 Å². The maximum absolute atomic E-state index is 14.4. The van der Waals surface area contributed by atoms with E-state index < -0.39 is 41.4 Å². The van der Waals surface area contributed by atoms with Crippen LogP contribution in [-0.4, -0.2) is 29.4 Å². The fourth-order valence-corrected chi connectivity index (χ4v) is 2.65. The van der Waals surface area contributed by atoms with E-state index in [0.29, 0.717) is 0 Å². The number of amidine groups is 1. The number of nitriles is 1. The number of benzene rings is 1. The number of anilines is 1. The lowest BCUT2D eigenvalue weighted by Crippen LogP contribution is -2.53. The molecule has 2 heterocycles. The zero-order valence-electron chi connectivity index (χ0n) is 14.5. The molecule has 1 aromatic heterocycles. The zero-order chi connectivity index (χ0) is 20.5. The van der Waals surface area contributed by atoms with Crippen LogP contribution in [0.15, 0.2) is 41.5 Å². The van der Waals surface area contributed by atoms with E-state index in [1.807, 2.05) is 6.07 Å². The summed E-state index contributed by atoms with van der Waals surface area (Å²) in [5.74, 6) is -5.15. The molecule has 0 radical (unpaired) electrons. The SMILES string of the molecule is C[C@]1(c2cc(NC(=O)c3ccc(C#N)cn3)ccc2F)OC(N)=NCC1(F)F. The maximum atomic E-state index is 14.4. The fourth-order valence-electron chi connectivity index (χ4n) is 2.65. The average Bonchev–Trinajstić information content (AvgIpc) is 2.66. The summed E-state index contributed by atoms with van der Waals surface area (Å²) in [6.07, 6.45) is 1.21. The first-order chi connectivity index (χ1) is 13.2. The predicted molar refractivity (Wildman–Crippen MR) is 93.2 cm³/mol. The summed E-state index contributed by atoms with van der Waals surface area (Å²) in [7, 11) is 0. The van der Waals surface area contributed by atoms with Gasteiger partial charge in [-0.3, -0.25) is 4.79 Å². The van der Waals surface area contributed by atoms with Crippen molar-refractivity contribution in [2.24, 2.45) is 10.7 Å². The van der Waals surface area contributed by atoms with Crippen LogP contribution >= 0.6 is 0 Å². The average molecular weight is 389 g/mol. The number of aromatic nitrogens is 1. The molecule has 0 spiro atoms. The first-order valence-electron chi connectivity index (χ1n) is 8.00. The molecule has 1 aliphatic rings. The summed E-state index contributed by atoms with van der Waals surface area (Å²) in [5, 5.41) is 11.2. The summed E-state index contributed by atoms with van der Waals surface area (Å²) in [4.78, 5) is 19.5. The van der Waals surface area contributed by atoms with E-state index in [1.165, 1.54) is 24.4 Å². The molecule has 1 aliphatic heterocycles. The summed E-state index contributed by atoms with van der Waals surface area (Å²) < 4.78 is 48.3. The molecule has 0 saturated heterocycles. The lowest BCUT2D eigenvalue weighted by molar-refractivity contribution is -0.173. The van der Waals surface area contributed by atoms with Crippen LogP contribution in [0.4, 0.5) is 18.9 Å². The van der Waals surface area contributed by atoms with Crippen LogP contribution in [-0.2, 0) is 10.3 Å². The van der Waals surface area contributed by atoms with Gasteiger partial charge < -0.3 is 15.8 Å². The Balaban J connectivity index is 1.92. The van der Waals surface area contributed by atoms with Gasteiger partial charge in [0.2, 0.25) is 5.60 Å². The molecule has 7 nitrogen and oxygen atoms in total. The quantitative estimate of drug-likeness (QED) is 0.838. The van der Waals surface area contributed by atoms with E-state index in [4.69, 9.17) is 15.7 Å². The second kappa shape index (κ2) is 6.84. The van der Waals surface area contributed by atoms with Gasteiger partial charge in [-0.1, -0.05) is 0 Å². The summed E-state index contributed by atoms with van der Waals surface area (Å²) >= 11 is 0. The number of nitrogens with zero attached hydrogens (tertiary/aromatic N) is 3. The van der Waals surface area contributed by atoms with Gasteiger partial charge in [-0.15, -0.1) is 0 Å². The first kappa shape index (κ1) is 19.2. The van der Waals surface area contributed by atoms with Crippen molar-refractivity contribution in [2.75, 3.05) is 11.9 Å². The smallest absolute Gasteiger partial charge is 0.310 e. The molecule has 10 heteroatoms. The number of pyridine rings is 1. The van der Waals surface area contributed by atoms with Gasteiger partial charge in [-0.25, -0.2) is 14.4 Å². The van der Waals surface area contributed by atoms with E-state index in [0.717, 1.165) is 19.1 Å². The van der Waals surface area contributed by atoms with E-state index >= 15 is 0 Å². The second-order valence-electron chi connectivity index (χ2n) is 6.19. The maximum Gasteiger partial charge on any atom is 0.310 e. The molecular weight excluding hydrogens is 375 g/mol. The molecule has 0 unspecified atom stereocenters. The molecule has 0 aliphatic carbocycles. The Labute approximate surface area is 157 Å². The van der Waals surface area contributed by atoms with E-state index in [2.05, 4.69) is 15.3 Å². The Bertz CT molecular complexity index is 1000. The van der Waals surface area contributed by atoms with Crippen LogP contribution in [0.3, 0.4) is 0 Å². The molecule has 2 aromatic rings. The van der Waals surface area contributed by atoms with Crippen LogP contribution in [0.5, 0.6) is 0 Å². The number of nitrogens with two attached hydrogens (primary N) is 1. The Kier molecular flexibility index (Phi) is 4.68. The third-order valence-electron chi connectivity index (χ3n) is 4.30. The van der Waals surface area contributed by atoms with E-state index in [-0.39, 0.29) is 16.9 Å². The zero-order valence-corrected chi connectivity index (χ0v) is 14.5. The lowest BCUT2D eigenvalue weighted by Gasteiger charge is -2.39. The normalized spacial score (nSPS) is 20.5. The number of rotatable bonds is 3. The van der Waals surface area contributed by atoms with Gasteiger partial charge >= 0.3 is 5.92 Å². The summed E-state index contributed by atoms with van der Waals surface area (Å²) in [6, 6.07) is 7.30. The molecular formula is C18H14F3N5O2. The highest BCUT2D eigenvalue weighted by Gasteiger charge is 2.57. The van der Waals surface area contributed by atoms with E-state index in [9.17, 15) is 18.0 Å². The monoisotopic (exact) mass is 389 g/mol. The number of hydrogen-bond donors (Lipinski definition) is 2. The molecule has 1 atom stereocenters. The highest BCUT2D eigenvalue weighted by atomic mass is 19.3. The first-order valence-corrected chi connectivity index (χ1v) is 8.00. The fraction of sp³-hybridized carbons (Fsp3) is 0.222. The molecule has 1 amide bonds. The van der Waals surface area contributed by atoms with Crippen LogP contribution < -0.4 is 11.1 Å². The second-order valence-corrected chi connectivity index (χ2v) is 6.19. The minimum atomic E-state index is -3.53. The van der Waals surface area contributed by atoms with Crippen LogP contribution in [0.2, 0.25) is 0 Å². The van der Waals surface area contributed by atoms with Crippen LogP contribution in [0.1, 0.15) is 28.5 Å². The van der Waals surface area contributed by atoms with Crippen molar-refractivity contribution in [2.45, 2.75) is 18.4 Å². The highest BCUT2D eigenvalue weighted by Crippen LogP contribution is 2.44. The molecule has 1 aromatic carbocycles. The van der Waals surface area contributed by atoms with Crippen molar-refractivity contribution in [3.63, 3.8) is 0 Å². The number of nitrogens with one attached hydrogen (secondary N) is 1. The minimum Gasteiger partial charge on any atom is -0.448 e. The van der Waals surface area contributed by atoms with Gasteiger partial charge in [0.05, 0.1) is 5.56 Å². The molecule has 0 saturated carbocycles. The minimum absolute atomic E-state index is 0.00768. The number of aliphatic imine (C=N–C) groups is 1. The van der Waals surface area contributed by atoms with Gasteiger partial charge in [-0.05, 0) is 37.3 Å². The van der Waals surface area contributed by atoms with Crippen molar-refractivity contribution in [1.82, 2.24) is 4.98 Å². The van der Waals surface area contributed by atoms with Gasteiger partial charge in [0, 0.05) is 17.4 Å². The largest absolute Gasteiger partial charge is 0.448 e. The van der Waals surface area contributed by atoms with Crippen molar-refractivity contribution < 1.29 is 22.7 Å². The number of carbonyl (C=O) groups excluding carboxylic acids is 1. The molecule has 144 valence electrons. The Morgan fingerprint density at radius 1 is 1.36 bits per heavy atom. The number of ether oxygens (including phenoxy) is 1. The van der Waals surface area contributed by atoms with Crippen molar-refractivity contribution in [3.05, 3.63) is 59.2 Å². The number of halogens is 3. The Morgan fingerprint density at radius 2 is 2.11 bits per heavy atom. The number of hydrogen-bond acceptors (Lipinski definition) is 6. The molecule has 3 rings (SSSR count). The van der Waals surface area contributed by atoms with Crippen molar-refractivity contribution >= 4 is 17.6 Å². The number of alkyl halides is 2. The van der Waals surface area contributed by atoms with Crippen molar-refractivity contribution in [1.29, 1.82) is 5.26 Å². The topological polar surface area (TPSA) is 113 Å². The molecule has 3 N–H and O–H groups in total. The Hall–Kier alpha value is -3.61.